The fourth-order valence-electron chi connectivity index (χ4n) is 1.00. The predicted molar refractivity (Wildman–Crippen MR) is 60.1 cm³/mol. The van der Waals surface area contributed by atoms with Crippen molar-refractivity contribution in [1.82, 2.24) is 10.6 Å². The second-order valence-corrected chi connectivity index (χ2v) is 4.80. The predicted octanol–water partition coefficient (Wildman–Crippen LogP) is 2.01. The minimum Gasteiger partial charge on any atom is -0.315 e. The van der Waals surface area contributed by atoms with E-state index in [1.807, 2.05) is 0 Å². The molecule has 0 aliphatic heterocycles. The van der Waals surface area contributed by atoms with Gasteiger partial charge in [0.25, 0.3) is 0 Å². The van der Waals surface area contributed by atoms with Crippen molar-refractivity contribution in [2.45, 2.75) is 47.1 Å². The van der Waals surface area contributed by atoms with Crippen LogP contribution in [0.2, 0.25) is 0 Å². The first-order valence-corrected chi connectivity index (χ1v) is 5.42. The third-order valence-electron chi connectivity index (χ3n) is 2.42. The second kappa shape index (κ2) is 6.39. The molecule has 0 fully saturated rings. The summed E-state index contributed by atoms with van der Waals surface area (Å²) in [5.41, 5.74) is 0.442. The molecule has 2 nitrogen and oxygen atoms in total. The summed E-state index contributed by atoms with van der Waals surface area (Å²) < 4.78 is 0. The molecule has 0 aliphatic carbocycles. The van der Waals surface area contributed by atoms with Crippen LogP contribution in [0.4, 0.5) is 0 Å². The van der Waals surface area contributed by atoms with Crippen LogP contribution in [0.5, 0.6) is 0 Å². The highest BCUT2D eigenvalue weighted by molar-refractivity contribution is 4.69. The lowest BCUT2D eigenvalue weighted by atomic mass is 9.90. The summed E-state index contributed by atoms with van der Waals surface area (Å²) in [7, 11) is 0. The standard InChI is InChI=1S/C11H26N2/c1-6-11(4,5)9-12-7-8-13-10(2)3/h10,12-13H,6-9H2,1-5H3. The molecule has 0 bridgehead atoms. The molecule has 0 saturated carbocycles. The minimum absolute atomic E-state index is 0.442. The van der Waals surface area contributed by atoms with Gasteiger partial charge in [0, 0.05) is 25.7 Å². The van der Waals surface area contributed by atoms with Crippen molar-refractivity contribution in [3.05, 3.63) is 0 Å². The van der Waals surface area contributed by atoms with Crippen LogP contribution < -0.4 is 10.6 Å². The zero-order valence-corrected chi connectivity index (χ0v) is 9.91. The molecule has 0 radical (unpaired) electrons. The maximum absolute atomic E-state index is 3.47. The van der Waals surface area contributed by atoms with E-state index in [4.69, 9.17) is 0 Å². The Morgan fingerprint density at radius 2 is 1.77 bits per heavy atom. The van der Waals surface area contributed by atoms with Gasteiger partial charge in [-0.25, -0.2) is 0 Å². The first kappa shape index (κ1) is 12.9. The fraction of sp³-hybridized carbons (Fsp3) is 1.00. The van der Waals surface area contributed by atoms with Crippen molar-refractivity contribution in [2.75, 3.05) is 19.6 Å². The number of hydrogen-bond acceptors (Lipinski definition) is 2. The van der Waals surface area contributed by atoms with Gasteiger partial charge in [-0.1, -0.05) is 34.6 Å². The largest absolute Gasteiger partial charge is 0.315 e. The fourth-order valence-corrected chi connectivity index (χ4v) is 1.00. The van der Waals surface area contributed by atoms with Crippen LogP contribution in [0.15, 0.2) is 0 Å². The third-order valence-corrected chi connectivity index (χ3v) is 2.42. The third kappa shape index (κ3) is 8.26. The zero-order valence-electron chi connectivity index (χ0n) is 9.91. The summed E-state index contributed by atoms with van der Waals surface area (Å²) in [6.07, 6.45) is 1.23. The molecule has 80 valence electrons. The van der Waals surface area contributed by atoms with Crippen LogP contribution in [0.3, 0.4) is 0 Å². The molecule has 0 aromatic heterocycles. The number of nitrogens with one attached hydrogen (secondary N) is 2. The Balaban J connectivity index is 3.26. The lowest BCUT2D eigenvalue weighted by Gasteiger charge is -2.23. The van der Waals surface area contributed by atoms with Crippen molar-refractivity contribution in [1.29, 1.82) is 0 Å². The topological polar surface area (TPSA) is 24.1 Å². The van der Waals surface area contributed by atoms with Crippen LogP contribution in [0.1, 0.15) is 41.0 Å². The van der Waals surface area contributed by atoms with Gasteiger partial charge in [0.05, 0.1) is 0 Å². The van der Waals surface area contributed by atoms with E-state index in [1.54, 1.807) is 0 Å². The smallest absolute Gasteiger partial charge is 0.00790 e. The van der Waals surface area contributed by atoms with Gasteiger partial charge < -0.3 is 10.6 Å². The quantitative estimate of drug-likeness (QED) is 0.594. The van der Waals surface area contributed by atoms with E-state index in [2.05, 4.69) is 45.3 Å². The van der Waals surface area contributed by atoms with E-state index in [-0.39, 0.29) is 0 Å². The van der Waals surface area contributed by atoms with Gasteiger partial charge in [0.15, 0.2) is 0 Å². The van der Waals surface area contributed by atoms with Crippen molar-refractivity contribution >= 4 is 0 Å². The van der Waals surface area contributed by atoms with Gasteiger partial charge in [0.2, 0.25) is 0 Å². The van der Waals surface area contributed by atoms with Gasteiger partial charge in [-0.15, -0.1) is 0 Å². The Bertz CT molecular complexity index is 119. The van der Waals surface area contributed by atoms with E-state index in [9.17, 15) is 0 Å². The van der Waals surface area contributed by atoms with Crippen molar-refractivity contribution in [2.24, 2.45) is 5.41 Å². The van der Waals surface area contributed by atoms with Crippen molar-refractivity contribution in [3.8, 4) is 0 Å². The maximum Gasteiger partial charge on any atom is 0.00790 e. The van der Waals surface area contributed by atoms with Crippen LogP contribution in [0.25, 0.3) is 0 Å². The Morgan fingerprint density at radius 3 is 2.23 bits per heavy atom. The molecule has 0 atom stereocenters. The maximum atomic E-state index is 3.47. The normalized spacial score (nSPS) is 12.5. The van der Waals surface area contributed by atoms with Crippen LogP contribution >= 0.6 is 0 Å². The molecule has 0 heterocycles. The van der Waals surface area contributed by atoms with Gasteiger partial charge in [0.1, 0.15) is 0 Å². The molecule has 0 spiro atoms. The van der Waals surface area contributed by atoms with E-state index in [1.165, 1.54) is 6.42 Å². The number of hydrogen-bond donors (Lipinski definition) is 2. The lowest BCUT2D eigenvalue weighted by molar-refractivity contribution is 0.328. The second-order valence-electron chi connectivity index (χ2n) is 4.80. The molecular weight excluding hydrogens is 160 g/mol. The molecule has 0 saturated heterocycles. The molecule has 0 aromatic rings. The van der Waals surface area contributed by atoms with Crippen LogP contribution in [0, 0.1) is 5.41 Å². The van der Waals surface area contributed by atoms with Crippen molar-refractivity contribution in [3.63, 3.8) is 0 Å². The average Bonchev–Trinajstić information content (AvgIpc) is 2.03. The Hall–Kier alpha value is -0.0800. The molecular formula is C11H26N2. The minimum atomic E-state index is 0.442. The summed E-state index contributed by atoms with van der Waals surface area (Å²) in [6, 6.07) is 0.598. The highest BCUT2D eigenvalue weighted by Crippen LogP contribution is 2.17. The molecule has 0 aliphatic rings. The summed E-state index contributed by atoms with van der Waals surface area (Å²) in [6.45, 7) is 14.5. The first-order valence-electron chi connectivity index (χ1n) is 5.42. The van der Waals surface area contributed by atoms with Crippen molar-refractivity contribution < 1.29 is 0 Å². The van der Waals surface area contributed by atoms with Gasteiger partial charge >= 0.3 is 0 Å². The molecule has 0 amide bonds. The molecule has 13 heavy (non-hydrogen) atoms. The summed E-state index contributed by atoms with van der Waals surface area (Å²) in [5, 5.41) is 6.86. The summed E-state index contributed by atoms with van der Waals surface area (Å²) in [5.74, 6) is 0. The number of rotatable bonds is 7. The lowest BCUT2D eigenvalue weighted by Crippen LogP contribution is -2.36. The highest BCUT2D eigenvalue weighted by Gasteiger charge is 2.13. The van der Waals surface area contributed by atoms with E-state index < -0.39 is 0 Å². The molecule has 0 unspecified atom stereocenters. The van der Waals surface area contributed by atoms with Gasteiger partial charge in [-0.2, -0.15) is 0 Å². The molecule has 2 N–H and O–H groups in total. The van der Waals surface area contributed by atoms with E-state index >= 15 is 0 Å². The van der Waals surface area contributed by atoms with Crippen LogP contribution in [-0.4, -0.2) is 25.7 Å². The monoisotopic (exact) mass is 186 g/mol. The van der Waals surface area contributed by atoms with Gasteiger partial charge in [-0.3, -0.25) is 0 Å². The SMILES string of the molecule is CCC(C)(C)CNCCNC(C)C. The van der Waals surface area contributed by atoms with E-state index in [0.717, 1.165) is 19.6 Å². The highest BCUT2D eigenvalue weighted by atomic mass is 15.0. The van der Waals surface area contributed by atoms with Crippen LogP contribution in [-0.2, 0) is 0 Å². The molecule has 0 aromatic carbocycles. The molecule has 2 heteroatoms. The zero-order chi connectivity index (χ0) is 10.3. The Labute approximate surface area is 83.5 Å². The van der Waals surface area contributed by atoms with Gasteiger partial charge in [-0.05, 0) is 11.8 Å². The average molecular weight is 186 g/mol. The Kier molecular flexibility index (Phi) is 6.35. The summed E-state index contributed by atoms with van der Waals surface area (Å²) >= 11 is 0. The Morgan fingerprint density at radius 1 is 1.15 bits per heavy atom. The molecule has 0 rings (SSSR count). The van der Waals surface area contributed by atoms with E-state index in [0.29, 0.717) is 11.5 Å². The first-order chi connectivity index (χ1) is 5.98. The summed E-state index contributed by atoms with van der Waals surface area (Å²) in [4.78, 5) is 0.